The van der Waals surface area contributed by atoms with E-state index in [4.69, 9.17) is 11.6 Å². The Kier molecular flexibility index (Phi) is 1.15. The lowest BCUT2D eigenvalue weighted by atomic mass is 10.5. The number of hydrogen-bond acceptors (Lipinski definition) is 2. The minimum atomic E-state index is -2.83. The summed E-state index contributed by atoms with van der Waals surface area (Å²) in [7, 11) is 0. The van der Waals surface area contributed by atoms with Crippen LogP contribution in [0.1, 0.15) is 13.7 Å². The molecule has 0 radical (unpaired) electrons. The van der Waals surface area contributed by atoms with Gasteiger partial charge in [-0.05, 0) is 34.9 Å². The average molecular weight is 207 g/mol. The highest BCUT2D eigenvalue weighted by Gasteiger charge is 1.90. The molecule has 0 fully saturated rings. The third-order valence-corrected chi connectivity index (χ3v) is 1.34. The fourth-order valence-corrected chi connectivity index (χ4v) is 0.716. The van der Waals surface area contributed by atoms with Gasteiger partial charge in [0, 0.05) is 4.11 Å². The SMILES string of the molecule is [2H]C([2H])([2H])C([2H])([2H])Oc1ccc(Br)nc1. The zero-order valence-corrected chi connectivity index (χ0v) is 6.55. The second kappa shape index (κ2) is 3.56. The molecule has 0 aliphatic heterocycles. The maximum Gasteiger partial charge on any atom is 0.137 e. The maximum atomic E-state index is 7.21. The first-order valence-electron chi connectivity index (χ1n) is 5.03. The van der Waals surface area contributed by atoms with Crippen molar-refractivity contribution in [3.8, 4) is 5.75 Å². The Hall–Kier alpha value is -0.570. The van der Waals surface area contributed by atoms with E-state index in [1.165, 1.54) is 18.3 Å². The van der Waals surface area contributed by atoms with E-state index in [1.54, 1.807) is 0 Å². The molecule has 0 unspecified atom stereocenters. The molecule has 0 saturated heterocycles. The summed E-state index contributed by atoms with van der Waals surface area (Å²) in [5.74, 6) is 0.0688. The van der Waals surface area contributed by atoms with Crippen LogP contribution in [-0.2, 0) is 0 Å². The molecule has 0 atom stereocenters. The molecule has 2 nitrogen and oxygen atoms in total. The van der Waals surface area contributed by atoms with Gasteiger partial charge >= 0.3 is 0 Å². The highest BCUT2D eigenvalue weighted by molar-refractivity contribution is 9.10. The Morgan fingerprint density at radius 3 is 3.40 bits per heavy atom. The molecule has 1 heterocycles. The largest absolute Gasteiger partial charge is 0.492 e. The van der Waals surface area contributed by atoms with E-state index in [-0.39, 0.29) is 5.75 Å². The number of ether oxygens (including phenoxy) is 1. The van der Waals surface area contributed by atoms with Gasteiger partial charge < -0.3 is 4.74 Å². The summed E-state index contributed by atoms with van der Waals surface area (Å²) in [5, 5.41) is 0. The maximum absolute atomic E-state index is 7.21. The molecule has 0 bridgehead atoms. The van der Waals surface area contributed by atoms with E-state index in [0.717, 1.165) is 0 Å². The molecule has 0 N–H and O–H groups in total. The van der Waals surface area contributed by atoms with Crippen molar-refractivity contribution in [2.45, 2.75) is 6.85 Å². The smallest absolute Gasteiger partial charge is 0.137 e. The third-order valence-electron chi connectivity index (χ3n) is 0.869. The van der Waals surface area contributed by atoms with Gasteiger partial charge in [0.05, 0.1) is 15.5 Å². The summed E-state index contributed by atoms with van der Waals surface area (Å²) >= 11 is 3.09. The van der Waals surface area contributed by atoms with Crippen LogP contribution in [0.2, 0.25) is 0 Å². The van der Waals surface area contributed by atoms with Crippen molar-refractivity contribution in [3.63, 3.8) is 0 Å². The van der Waals surface area contributed by atoms with Crippen LogP contribution in [0, 0.1) is 0 Å². The van der Waals surface area contributed by atoms with Crippen LogP contribution in [0.5, 0.6) is 5.75 Å². The minimum Gasteiger partial charge on any atom is -0.492 e. The van der Waals surface area contributed by atoms with Gasteiger partial charge in [-0.15, -0.1) is 0 Å². The monoisotopic (exact) mass is 206 g/mol. The molecular formula is C7H8BrNO. The third kappa shape index (κ3) is 1.99. The lowest BCUT2D eigenvalue weighted by Gasteiger charge is -1.99. The number of aromatic nitrogens is 1. The van der Waals surface area contributed by atoms with Crippen LogP contribution >= 0.6 is 15.9 Å². The number of hydrogen-bond donors (Lipinski definition) is 0. The Bertz CT molecular complexity index is 336. The van der Waals surface area contributed by atoms with E-state index in [1.807, 2.05) is 0 Å². The van der Waals surface area contributed by atoms with E-state index in [9.17, 15) is 0 Å². The van der Waals surface area contributed by atoms with Crippen LogP contribution in [0.15, 0.2) is 22.9 Å². The van der Waals surface area contributed by atoms with Crippen molar-refractivity contribution < 1.29 is 11.6 Å². The number of halogens is 1. The highest BCUT2D eigenvalue weighted by atomic mass is 79.9. The summed E-state index contributed by atoms with van der Waals surface area (Å²) in [6, 6.07) is 2.96. The molecule has 0 amide bonds. The predicted octanol–water partition coefficient (Wildman–Crippen LogP) is 2.24. The normalized spacial score (nSPS) is 19.5. The number of rotatable bonds is 2. The molecule has 3 heteroatoms. The standard InChI is InChI=1S/C7H8BrNO/c1-2-10-6-3-4-7(8)9-5-6/h3-5H,2H2,1H3/i1D3,2D2. The van der Waals surface area contributed by atoms with Gasteiger partial charge in [-0.3, -0.25) is 0 Å². The molecule has 10 heavy (non-hydrogen) atoms. The molecular weight excluding hydrogens is 194 g/mol. The van der Waals surface area contributed by atoms with Gasteiger partial charge in [0.25, 0.3) is 0 Å². The first-order valence-corrected chi connectivity index (χ1v) is 3.32. The zero-order chi connectivity index (χ0) is 11.7. The van der Waals surface area contributed by atoms with E-state index < -0.39 is 13.4 Å². The van der Waals surface area contributed by atoms with Crippen LogP contribution in [0.4, 0.5) is 0 Å². The van der Waals surface area contributed by atoms with E-state index in [2.05, 4.69) is 20.9 Å². The van der Waals surface area contributed by atoms with E-state index >= 15 is 0 Å². The molecule has 54 valence electrons. The van der Waals surface area contributed by atoms with Gasteiger partial charge in [-0.25, -0.2) is 4.98 Å². The molecule has 0 saturated carbocycles. The summed E-state index contributed by atoms with van der Waals surface area (Å²) in [4.78, 5) is 3.79. The average Bonchev–Trinajstić information content (AvgIpc) is 2.06. The minimum absolute atomic E-state index is 0.0688. The molecule has 0 aromatic carbocycles. The molecule has 0 spiro atoms. The lowest BCUT2D eigenvalue weighted by molar-refractivity contribution is 0.338. The second-order valence-electron chi connectivity index (χ2n) is 1.52. The van der Waals surface area contributed by atoms with Crippen LogP contribution in [0.25, 0.3) is 0 Å². The summed E-state index contributed by atoms with van der Waals surface area (Å²) < 4.78 is 40.5. The number of nitrogens with zero attached hydrogens (tertiary/aromatic N) is 1. The van der Waals surface area contributed by atoms with Crippen LogP contribution in [-0.4, -0.2) is 11.5 Å². The van der Waals surface area contributed by atoms with Crippen molar-refractivity contribution in [1.29, 1.82) is 0 Å². The Morgan fingerprint density at radius 2 is 2.80 bits per heavy atom. The molecule has 1 aromatic rings. The first-order chi connectivity index (χ1) is 6.72. The van der Waals surface area contributed by atoms with Crippen LogP contribution < -0.4 is 4.74 Å². The summed E-state index contributed by atoms with van der Waals surface area (Å²) in [5.41, 5.74) is 0. The van der Waals surface area contributed by atoms with Crippen molar-refractivity contribution >= 4 is 15.9 Å². The molecule has 0 aliphatic rings. The van der Waals surface area contributed by atoms with Gasteiger partial charge in [0.2, 0.25) is 0 Å². The van der Waals surface area contributed by atoms with Crippen LogP contribution in [0.3, 0.4) is 0 Å². The Labute approximate surface area is 75.4 Å². The van der Waals surface area contributed by atoms with Gasteiger partial charge in [-0.1, -0.05) is 0 Å². The fraction of sp³-hybridized carbons (Fsp3) is 0.286. The first kappa shape index (κ1) is 3.22. The second-order valence-corrected chi connectivity index (χ2v) is 2.33. The summed E-state index contributed by atoms with van der Waals surface area (Å²) in [6.45, 7) is -5.55. The molecule has 0 aliphatic carbocycles. The number of pyridine rings is 1. The summed E-state index contributed by atoms with van der Waals surface area (Å²) in [6.07, 6.45) is 1.24. The molecule has 1 rings (SSSR count). The highest BCUT2D eigenvalue weighted by Crippen LogP contribution is 2.11. The van der Waals surface area contributed by atoms with E-state index in [0.29, 0.717) is 4.60 Å². The molecule has 1 aromatic heterocycles. The fourth-order valence-electron chi connectivity index (χ4n) is 0.482. The van der Waals surface area contributed by atoms with Crippen molar-refractivity contribution in [3.05, 3.63) is 22.9 Å². The van der Waals surface area contributed by atoms with Crippen molar-refractivity contribution in [1.82, 2.24) is 4.98 Å². The van der Waals surface area contributed by atoms with Crippen molar-refractivity contribution in [2.24, 2.45) is 0 Å². The van der Waals surface area contributed by atoms with Gasteiger partial charge in [0.15, 0.2) is 0 Å². The topological polar surface area (TPSA) is 22.1 Å². The van der Waals surface area contributed by atoms with Gasteiger partial charge in [-0.2, -0.15) is 0 Å². The predicted molar refractivity (Wildman–Crippen MR) is 43.1 cm³/mol. The Balaban J connectivity index is 2.82. The van der Waals surface area contributed by atoms with Gasteiger partial charge in [0.1, 0.15) is 10.4 Å². The quantitative estimate of drug-likeness (QED) is 0.694. The lowest BCUT2D eigenvalue weighted by Crippen LogP contribution is -1.91. The van der Waals surface area contributed by atoms with Crippen molar-refractivity contribution in [2.75, 3.05) is 6.56 Å². The Morgan fingerprint density at radius 1 is 1.90 bits per heavy atom. The zero-order valence-electron chi connectivity index (χ0n) is 9.97.